The van der Waals surface area contributed by atoms with Crippen LogP contribution in [0.5, 0.6) is 0 Å². The topological polar surface area (TPSA) is 168 Å². The number of nitrogens with zero attached hydrogens (tertiary/aromatic N) is 1. The molecule has 15 heteroatoms. The second kappa shape index (κ2) is 23.2. The predicted molar refractivity (Wildman–Crippen MR) is 133 cm³/mol. The maximum absolute atomic E-state index is 11.7. The van der Waals surface area contributed by atoms with Gasteiger partial charge in [-0.05, 0) is 25.7 Å². The average Bonchev–Trinajstić information content (AvgIpc) is 2.85. The van der Waals surface area contributed by atoms with Crippen LogP contribution < -0.4 is 10.6 Å². The smallest absolute Gasteiger partial charge is 0.450 e. The summed E-state index contributed by atoms with van der Waals surface area (Å²) in [5.74, 6) is 0. The molecule has 0 atom stereocenters. The van der Waals surface area contributed by atoms with Gasteiger partial charge in [-0.15, -0.1) is 0 Å². The van der Waals surface area contributed by atoms with Gasteiger partial charge in [0.2, 0.25) is 0 Å². The maximum atomic E-state index is 11.7. The molecule has 0 fully saturated rings. The zero-order valence-corrected chi connectivity index (χ0v) is 22.0. The predicted octanol–water partition coefficient (Wildman–Crippen LogP) is 0.807. The van der Waals surface area contributed by atoms with Crippen LogP contribution in [0.3, 0.4) is 0 Å². The molecule has 2 amide bonds. The number of carbonyl (C=O) groups excluding carboxylic acids is 5. The first-order valence-corrected chi connectivity index (χ1v) is 12.4. The Labute approximate surface area is 218 Å². The lowest BCUT2D eigenvalue weighted by molar-refractivity contribution is -0.113. The van der Waals surface area contributed by atoms with Crippen LogP contribution in [-0.4, -0.2) is 115 Å². The summed E-state index contributed by atoms with van der Waals surface area (Å²) < 4.78 is 29.5. The van der Waals surface area contributed by atoms with E-state index < -0.39 is 24.5 Å². The summed E-state index contributed by atoms with van der Waals surface area (Å²) in [6.45, 7) is 5.58. The first kappa shape index (κ1) is 33.8. The number of carbonyl (C=O) groups is 5. The summed E-state index contributed by atoms with van der Waals surface area (Å²) in [4.78, 5) is 59.0. The molecular formula is C22H40BN3O11. The van der Waals surface area contributed by atoms with Gasteiger partial charge in [-0.1, -0.05) is 13.8 Å². The van der Waals surface area contributed by atoms with Crippen LogP contribution in [0.2, 0.25) is 0 Å². The van der Waals surface area contributed by atoms with Gasteiger partial charge in [0.25, 0.3) is 0 Å². The van der Waals surface area contributed by atoms with Crippen molar-refractivity contribution in [3.05, 3.63) is 0 Å². The van der Waals surface area contributed by atoms with Crippen LogP contribution in [0.15, 0.2) is 0 Å². The molecule has 0 aromatic rings. The summed E-state index contributed by atoms with van der Waals surface area (Å²) in [7, 11) is 1.41. The van der Waals surface area contributed by atoms with Crippen LogP contribution in [0.1, 0.15) is 39.5 Å². The van der Waals surface area contributed by atoms with Gasteiger partial charge in [-0.25, -0.2) is 19.2 Å². The number of hydrogen-bond donors (Lipinski definition) is 2. The quantitative estimate of drug-likeness (QED) is 0.0979. The van der Waals surface area contributed by atoms with Crippen LogP contribution in [0, 0.1) is 0 Å². The Hall–Kier alpha value is -3.23. The normalized spacial score (nSPS) is 10.2. The molecule has 0 aromatic carbocycles. The number of nitrogens with one attached hydrogen (secondary N) is 2. The van der Waals surface area contributed by atoms with Crippen molar-refractivity contribution in [1.82, 2.24) is 15.5 Å². The summed E-state index contributed by atoms with van der Waals surface area (Å²) >= 11 is 0. The van der Waals surface area contributed by atoms with Gasteiger partial charge < -0.3 is 43.8 Å². The Morgan fingerprint density at radius 3 is 1.41 bits per heavy atom. The van der Waals surface area contributed by atoms with E-state index in [4.69, 9.17) is 28.4 Å². The van der Waals surface area contributed by atoms with Gasteiger partial charge in [-0.3, -0.25) is 4.90 Å². The molecule has 0 bridgehead atoms. The van der Waals surface area contributed by atoms with E-state index >= 15 is 0 Å². The Morgan fingerprint density at radius 1 is 0.622 bits per heavy atom. The highest BCUT2D eigenvalue weighted by Crippen LogP contribution is 1.95. The fourth-order valence-corrected chi connectivity index (χ4v) is 2.51. The monoisotopic (exact) mass is 533 g/mol. The third kappa shape index (κ3) is 23.0. The average molecular weight is 533 g/mol. The second-order valence-corrected chi connectivity index (χ2v) is 7.70. The zero-order valence-electron chi connectivity index (χ0n) is 22.0. The van der Waals surface area contributed by atoms with Crippen molar-refractivity contribution in [1.29, 1.82) is 0 Å². The van der Waals surface area contributed by atoms with Crippen molar-refractivity contribution in [2.75, 3.05) is 72.4 Å². The Balaban J connectivity index is 3.94. The van der Waals surface area contributed by atoms with E-state index in [9.17, 15) is 24.0 Å². The minimum Gasteiger partial charge on any atom is -0.450 e. The third-order valence-electron chi connectivity index (χ3n) is 4.20. The lowest BCUT2D eigenvalue weighted by Gasteiger charge is -2.20. The molecule has 0 aliphatic rings. The largest absolute Gasteiger partial charge is 0.508 e. The van der Waals surface area contributed by atoms with Gasteiger partial charge >= 0.3 is 24.5 Å². The van der Waals surface area contributed by atoms with Crippen LogP contribution in [-0.2, 0) is 33.2 Å². The van der Waals surface area contributed by atoms with Crippen molar-refractivity contribution in [3.63, 3.8) is 0 Å². The van der Waals surface area contributed by atoms with E-state index in [1.165, 1.54) is 7.85 Å². The van der Waals surface area contributed by atoms with Crippen molar-refractivity contribution < 1.29 is 52.4 Å². The van der Waals surface area contributed by atoms with E-state index in [1.807, 2.05) is 13.8 Å². The minimum absolute atomic E-state index is 0.0359. The van der Waals surface area contributed by atoms with Gasteiger partial charge in [0, 0.05) is 32.7 Å². The highest BCUT2D eigenvalue weighted by molar-refractivity contribution is 6.58. The summed E-state index contributed by atoms with van der Waals surface area (Å²) in [6, 6.07) is 0. The molecule has 0 unspecified atom stereocenters. The molecule has 2 N–H and O–H groups in total. The van der Waals surface area contributed by atoms with Gasteiger partial charge in [0.15, 0.2) is 7.85 Å². The molecule has 0 saturated heterocycles. The van der Waals surface area contributed by atoms with Crippen molar-refractivity contribution in [3.8, 4) is 0 Å². The summed E-state index contributed by atoms with van der Waals surface area (Å²) in [5.41, 5.74) is -0.111. The Bertz CT molecular complexity index is 634. The summed E-state index contributed by atoms with van der Waals surface area (Å²) in [6.07, 6.45) is -0.550. The molecule has 212 valence electrons. The SMILES string of the molecule is BC(=O)CN(CCOC(=O)OCCCNC(=O)OCCC)CCOC(=O)OCCCNC(=O)OCCC. The Kier molecular flexibility index (Phi) is 21.2. The molecule has 0 radical (unpaired) electrons. The standard InChI is InChI=1S/C22H40BN3O11/c1-3-11-32-19(28)24-7-5-13-34-21(30)36-15-9-26(17-18(23)27)10-16-37-22(31)35-14-6-8-25-20(29)33-12-4-2/h3-17,23H2,1-2H3,(H,24,28)(H,25,29). The number of ether oxygens (including phenoxy) is 6. The fourth-order valence-electron chi connectivity index (χ4n) is 2.51. The molecule has 0 heterocycles. The van der Waals surface area contributed by atoms with Crippen LogP contribution in [0.25, 0.3) is 0 Å². The van der Waals surface area contributed by atoms with E-state index in [0.717, 1.165) is 12.8 Å². The molecule has 0 aliphatic heterocycles. The van der Waals surface area contributed by atoms with Crippen molar-refractivity contribution >= 4 is 38.0 Å². The van der Waals surface area contributed by atoms with E-state index in [2.05, 4.69) is 10.6 Å². The molecule has 0 rings (SSSR count). The first-order valence-electron chi connectivity index (χ1n) is 12.4. The van der Waals surface area contributed by atoms with Crippen LogP contribution >= 0.6 is 0 Å². The lowest BCUT2D eigenvalue weighted by Crippen LogP contribution is -2.36. The van der Waals surface area contributed by atoms with E-state index in [1.54, 1.807) is 4.90 Å². The maximum Gasteiger partial charge on any atom is 0.508 e. The second-order valence-electron chi connectivity index (χ2n) is 7.70. The Morgan fingerprint density at radius 2 is 1.03 bits per heavy atom. The van der Waals surface area contributed by atoms with Crippen molar-refractivity contribution in [2.24, 2.45) is 0 Å². The number of rotatable bonds is 20. The highest BCUT2D eigenvalue weighted by Gasteiger charge is 2.12. The zero-order chi connectivity index (χ0) is 27.7. The van der Waals surface area contributed by atoms with Crippen molar-refractivity contribution in [2.45, 2.75) is 39.5 Å². The van der Waals surface area contributed by atoms with Gasteiger partial charge in [0.05, 0.1) is 32.1 Å². The lowest BCUT2D eigenvalue weighted by atomic mass is 10.0. The van der Waals surface area contributed by atoms with E-state index in [0.29, 0.717) is 26.1 Å². The van der Waals surface area contributed by atoms with Gasteiger partial charge in [0.1, 0.15) is 13.2 Å². The molecule has 0 saturated carbocycles. The molecule has 0 aliphatic carbocycles. The van der Waals surface area contributed by atoms with Crippen LogP contribution in [0.4, 0.5) is 19.2 Å². The first-order chi connectivity index (χ1) is 17.8. The molecular weight excluding hydrogens is 493 g/mol. The number of amides is 2. The minimum atomic E-state index is -0.871. The van der Waals surface area contributed by atoms with Gasteiger partial charge in [-0.2, -0.15) is 0 Å². The summed E-state index contributed by atoms with van der Waals surface area (Å²) in [5, 5.41) is 5.05. The molecule has 0 spiro atoms. The number of hydrogen-bond acceptors (Lipinski definition) is 12. The highest BCUT2D eigenvalue weighted by atomic mass is 16.7. The molecule has 14 nitrogen and oxygen atoms in total. The molecule has 37 heavy (non-hydrogen) atoms. The number of alkyl carbamates (subject to hydrolysis) is 2. The molecule has 0 aromatic heterocycles. The van der Waals surface area contributed by atoms with E-state index in [-0.39, 0.29) is 64.8 Å². The third-order valence-corrected chi connectivity index (χ3v) is 4.20. The fraction of sp³-hybridized carbons (Fsp3) is 0.773.